The van der Waals surface area contributed by atoms with E-state index in [-0.39, 0.29) is 0 Å². The molecule has 0 spiro atoms. The Labute approximate surface area is 80.4 Å². The minimum Gasteiger partial charge on any atom is -0.383 e. The molecule has 1 aliphatic rings. The van der Waals surface area contributed by atoms with Crippen molar-refractivity contribution in [2.75, 3.05) is 0 Å². The van der Waals surface area contributed by atoms with Crippen LogP contribution in [0.25, 0.3) is 0 Å². The van der Waals surface area contributed by atoms with Crippen LogP contribution in [0.3, 0.4) is 0 Å². The highest BCUT2D eigenvalue weighted by Crippen LogP contribution is 2.16. The lowest BCUT2D eigenvalue weighted by atomic mass is 10.5. The number of hydrazine groups is 1. The molecule has 0 saturated heterocycles. The fraction of sp³-hybridized carbons (Fsp3) is 0. The smallest absolute Gasteiger partial charge is 0.129 e. The second kappa shape index (κ2) is 2.95. The summed E-state index contributed by atoms with van der Waals surface area (Å²) in [6, 6.07) is 0. The van der Waals surface area contributed by atoms with Gasteiger partial charge < -0.3 is 5.73 Å². The van der Waals surface area contributed by atoms with Crippen LogP contribution < -0.4 is 16.6 Å². The van der Waals surface area contributed by atoms with Gasteiger partial charge in [-0.3, -0.25) is 10.9 Å². The molecule has 0 aliphatic carbocycles. The first-order valence-electron chi connectivity index (χ1n) is 2.24. The number of hydrogen-bond acceptors (Lipinski definition) is 3. The Morgan fingerprint density at radius 2 is 2.00 bits per heavy atom. The van der Waals surface area contributed by atoms with Crippen molar-refractivity contribution in [1.82, 2.24) is 10.9 Å². The zero-order valence-corrected chi connectivity index (χ0v) is 8.73. The third-order valence-electron chi connectivity index (χ3n) is 0.827. The van der Waals surface area contributed by atoms with E-state index in [2.05, 4.69) is 56.0 Å². The highest BCUT2D eigenvalue weighted by molar-refractivity contribution is 14.1. The predicted octanol–water partition coefficient (Wildman–Crippen LogP) is 0.933. The van der Waals surface area contributed by atoms with Crippen molar-refractivity contribution >= 4 is 45.2 Å². The summed E-state index contributed by atoms with van der Waals surface area (Å²) in [5.74, 6) is 0.677. The first-order valence-corrected chi connectivity index (χ1v) is 4.40. The molecule has 0 aromatic rings. The number of hydrogen-bond donors (Lipinski definition) is 3. The van der Waals surface area contributed by atoms with Crippen molar-refractivity contribution < 1.29 is 0 Å². The number of nitrogens with one attached hydrogen (secondary N) is 2. The molecule has 0 amide bonds. The minimum atomic E-state index is 0.677. The third-order valence-corrected chi connectivity index (χ3v) is 2.30. The van der Waals surface area contributed by atoms with Crippen LogP contribution in [0, 0.1) is 0 Å². The lowest BCUT2D eigenvalue weighted by Gasteiger charge is -2.14. The summed E-state index contributed by atoms with van der Waals surface area (Å²) in [6.07, 6.45) is 1.97. The van der Waals surface area contributed by atoms with Gasteiger partial charge in [0.2, 0.25) is 0 Å². The second-order valence-electron chi connectivity index (χ2n) is 1.50. The summed E-state index contributed by atoms with van der Waals surface area (Å²) in [4.78, 5) is 0. The first kappa shape index (κ1) is 7.45. The van der Waals surface area contributed by atoms with Gasteiger partial charge in [0, 0.05) is 0 Å². The standard InChI is InChI=1S/C4H5I2N3/c5-2-1-3(6)8-9-4(2)7/h1,8-9H,7H2. The summed E-state index contributed by atoms with van der Waals surface area (Å²) < 4.78 is 2.09. The maximum absolute atomic E-state index is 5.49. The molecule has 0 radical (unpaired) electrons. The number of rotatable bonds is 0. The quantitative estimate of drug-likeness (QED) is 0.451. The summed E-state index contributed by atoms with van der Waals surface area (Å²) in [5, 5.41) is 0. The molecular formula is C4H5I2N3. The van der Waals surface area contributed by atoms with Crippen molar-refractivity contribution in [3.8, 4) is 0 Å². The van der Waals surface area contributed by atoms with E-state index in [1.807, 2.05) is 6.08 Å². The van der Waals surface area contributed by atoms with Crippen LogP contribution in [0.5, 0.6) is 0 Å². The van der Waals surface area contributed by atoms with Gasteiger partial charge in [-0.15, -0.1) is 0 Å². The number of nitrogens with two attached hydrogens (primary N) is 1. The Balaban J connectivity index is 2.83. The molecule has 0 bridgehead atoms. The largest absolute Gasteiger partial charge is 0.383 e. The lowest BCUT2D eigenvalue weighted by Crippen LogP contribution is -2.35. The Bertz CT molecular complexity index is 184. The topological polar surface area (TPSA) is 50.1 Å². The molecule has 0 atom stereocenters. The fourth-order valence-electron chi connectivity index (χ4n) is 0.412. The van der Waals surface area contributed by atoms with Gasteiger partial charge in [-0.05, 0) is 51.3 Å². The van der Waals surface area contributed by atoms with Crippen LogP contribution in [-0.2, 0) is 0 Å². The van der Waals surface area contributed by atoms with E-state index in [4.69, 9.17) is 5.73 Å². The van der Waals surface area contributed by atoms with E-state index in [1.54, 1.807) is 0 Å². The SMILES string of the molecule is NC1=C(I)C=C(I)NN1. The van der Waals surface area contributed by atoms with E-state index in [9.17, 15) is 0 Å². The highest BCUT2D eigenvalue weighted by Gasteiger charge is 2.02. The molecule has 0 saturated carbocycles. The van der Waals surface area contributed by atoms with Gasteiger partial charge in [0.25, 0.3) is 0 Å². The first-order chi connectivity index (χ1) is 4.20. The van der Waals surface area contributed by atoms with Gasteiger partial charge in [-0.1, -0.05) is 0 Å². The van der Waals surface area contributed by atoms with Gasteiger partial charge >= 0.3 is 0 Å². The van der Waals surface area contributed by atoms with Crippen LogP contribution in [0.2, 0.25) is 0 Å². The Morgan fingerprint density at radius 1 is 1.33 bits per heavy atom. The van der Waals surface area contributed by atoms with E-state index < -0.39 is 0 Å². The van der Waals surface area contributed by atoms with Gasteiger partial charge in [0.05, 0.1) is 7.28 Å². The Morgan fingerprint density at radius 3 is 2.44 bits per heavy atom. The summed E-state index contributed by atoms with van der Waals surface area (Å²) >= 11 is 4.34. The normalized spacial score (nSPS) is 18.2. The van der Waals surface area contributed by atoms with E-state index in [0.717, 1.165) is 7.28 Å². The van der Waals surface area contributed by atoms with Crippen LogP contribution in [0.1, 0.15) is 0 Å². The van der Waals surface area contributed by atoms with Gasteiger partial charge in [-0.2, -0.15) is 0 Å². The van der Waals surface area contributed by atoms with Crippen molar-refractivity contribution in [1.29, 1.82) is 0 Å². The van der Waals surface area contributed by atoms with Crippen LogP contribution >= 0.6 is 45.2 Å². The summed E-state index contributed by atoms with van der Waals surface area (Å²) in [5.41, 5.74) is 11.2. The average Bonchev–Trinajstić information content (AvgIpc) is 1.80. The van der Waals surface area contributed by atoms with Crippen LogP contribution in [-0.4, -0.2) is 0 Å². The maximum Gasteiger partial charge on any atom is 0.129 e. The molecule has 0 fully saturated rings. The molecule has 1 heterocycles. The zero-order valence-electron chi connectivity index (χ0n) is 4.41. The minimum absolute atomic E-state index is 0.677. The predicted molar refractivity (Wildman–Crippen MR) is 53.6 cm³/mol. The Hall–Kier alpha value is 0.340. The number of halogens is 2. The molecule has 1 aliphatic heterocycles. The molecule has 5 heteroatoms. The van der Waals surface area contributed by atoms with Gasteiger partial charge in [0.1, 0.15) is 5.82 Å². The fourth-order valence-corrected chi connectivity index (χ4v) is 1.90. The zero-order chi connectivity index (χ0) is 6.85. The lowest BCUT2D eigenvalue weighted by molar-refractivity contribution is 0.704. The van der Waals surface area contributed by atoms with Crippen molar-refractivity contribution in [2.24, 2.45) is 5.73 Å². The monoisotopic (exact) mass is 349 g/mol. The molecule has 50 valence electrons. The molecule has 0 unspecified atom stereocenters. The van der Waals surface area contributed by atoms with Gasteiger partial charge in [-0.25, -0.2) is 0 Å². The van der Waals surface area contributed by atoms with Crippen molar-refractivity contribution in [2.45, 2.75) is 0 Å². The summed E-state index contributed by atoms with van der Waals surface area (Å²) in [6.45, 7) is 0. The summed E-state index contributed by atoms with van der Waals surface area (Å²) in [7, 11) is 0. The molecule has 4 N–H and O–H groups in total. The van der Waals surface area contributed by atoms with Gasteiger partial charge in [0.15, 0.2) is 0 Å². The second-order valence-corrected chi connectivity index (χ2v) is 3.83. The van der Waals surface area contributed by atoms with Crippen molar-refractivity contribution in [3.05, 3.63) is 19.2 Å². The maximum atomic E-state index is 5.49. The molecular weight excluding hydrogens is 344 g/mol. The van der Waals surface area contributed by atoms with Crippen LogP contribution in [0.4, 0.5) is 0 Å². The molecule has 9 heavy (non-hydrogen) atoms. The molecule has 1 rings (SSSR count). The number of allylic oxidation sites excluding steroid dienone is 2. The Kier molecular flexibility index (Phi) is 2.44. The third kappa shape index (κ3) is 1.88. The molecule has 0 aromatic heterocycles. The van der Waals surface area contributed by atoms with Crippen LogP contribution in [0.15, 0.2) is 19.2 Å². The van der Waals surface area contributed by atoms with E-state index >= 15 is 0 Å². The van der Waals surface area contributed by atoms with E-state index in [0.29, 0.717) is 5.82 Å². The highest BCUT2D eigenvalue weighted by atomic mass is 127. The molecule has 0 aromatic carbocycles. The van der Waals surface area contributed by atoms with Crippen molar-refractivity contribution in [3.63, 3.8) is 0 Å². The van der Waals surface area contributed by atoms with E-state index in [1.165, 1.54) is 0 Å². The average molecular weight is 349 g/mol. The molecule has 3 nitrogen and oxygen atoms in total.